The van der Waals surface area contributed by atoms with Crippen molar-refractivity contribution in [3.05, 3.63) is 76.8 Å². The van der Waals surface area contributed by atoms with Gasteiger partial charge in [-0.3, -0.25) is 4.79 Å². The second-order valence-electron chi connectivity index (χ2n) is 11.8. The summed E-state index contributed by atoms with van der Waals surface area (Å²) < 4.78 is 8.26. The highest BCUT2D eigenvalue weighted by Crippen LogP contribution is 2.43. The van der Waals surface area contributed by atoms with E-state index in [-0.39, 0.29) is 5.56 Å². The number of nitrogens with one attached hydrogen (secondary N) is 2. The number of aromatic amines is 1. The van der Waals surface area contributed by atoms with Gasteiger partial charge in [0.05, 0.1) is 11.3 Å². The molecule has 0 atom stereocenters. The number of aryl methyl sites for hydroxylation is 1. The monoisotopic (exact) mass is 526 g/mol. The summed E-state index contributed by atoms with van der Waals surface area (Å²) in [4.78, 5) is 18.2. The van der Waals surface area contributed by atoms with Crippen molar-refractivity contribution in [3.8, 4) is 22.6 Å². The van der Waals surface area contributed by atoms with Crippen LogP contribution in [0.5, 0.6) is 11.5 Å². The van der Waals surface area contributed by atoms with Gasteiger partial charge in [-0.05, 0) is 93.9 Å². The molecule has 39 heavy (non-hydrogen) atoms. The van der Waals surface area contributed by atoms with Gasteiger partial charge in [-0.25, -0.2) is 0 Å². The summed E-state index contributed by atoms with van der Waals surface area (Å²) in [7, 11) is 1.76. The molecular formula is C32H38N4O3. The Morgan fingerprint density at radius 1 is 1.00 bits per heavy atom. The number of piperidine rings is 1. The van der Waals surface area contributed by atoms with E-state index in [0.29, 0.717) is 11.3 Å². The Labute approximate surface area is 229 Å². The van der Waals surface area contributed by atoms with Gasteiger partial charge in [0, 0.05) is 49.0 Å². The van der Waals surface area contributed by atoms with Crippen LogP contribution in [0.15, 0.2) is 65.7 Å². The van der Waals surface area contributed by atoms with E-state index >= 15 is 0 Å². The molecule has 0 bridgehead atoms. The van der Waals surface area contributed by atoms with Gasteiger partial charge in [0.15, 0.2) is 5.75 Å². The first kappa shape index (κ1) is 25.7. The third kappa shape index (κ3) is 5.09. The molecule has 0 aliphatic carbocycles. The van der Waals surface area contributed by atoms with Gasteiger partial charge in [0.25, 0.3) is 5.56 Å². The second-order valence-corrected chi connectivity index (χ2v) is 11.8. The van der Waals surface area contributed by atoms with E-state index in [4.69, 9.17) is 4.74 Å². The molecule has 2 aliphatic heterocycles. The lowest BCUT2D eigenvalue weighted by Gasteiger charge is -2.43. The lowest BCUT2D eigenvalue weighted by atomic mass is 9.84. The van der Waals surface area contributed by atoms with Gasteiger partial charge >= 0.3 is 0 Å². The van der Waals surface area contributed by atoms with Crippen LogP contribution in [0.2, 0.25) is 0 Å². The van der Waals surface area contributed by atoms with Crippen molar-refractivity contribution < 1.29 is 9.84 Å². The quantitative estimate of drug-likeness (QED) is 0.301. The molecule has 2 aromatic heterocycles. The molecule has 7 heteroatoms. The second kappa shape index (κ2) is 10.2. The summed E-state index contributed by atoms with van der Waals surface area (Å²) >= 11 is 0. The lowest BCUT2D eigenvalue weighted by molar-refractivity contribution is 0.0786. The van der Waals surface area contributed by atoms with Crippen molar-refractivity contribution in [1.29, 1.82) is 0 Å². The van der Waals surface area contributed by atoms with Gasteiger partial charge in [0.1, 0.15) is 11.3 Å². The van der Waals surface area contributed by atoms with Crippen LogP contribution < -0.4 is 20.5 Å². The van der Waals surface area contributed by atoms with Gasteiger partial charge in [-0.1, -0.05) is 18.2 Å². The molecule has 0 amide bonds. The largest absolute Gasteiger partial charge is 0.455 e. The van der Waals surface area contributed by atoms with Crippen molar-refractivity contribution in [3.63, 3.8) is 0 Å². The van der Waals surface area contributed by atoms with Gasteiger partial charge < -0.3 is 29.6 Å². The minimum absolute atomic E-state index is 0.0815. The maximum Gasteiger partial charge on any atom is 0.274 e. The van der Waals surface area contributed by atoms with E-state index in [1.165, 1.54) is 19.3 Å². The molecule has 6 rings (SSSR count). The van der Waals surface area contributed by atoms with Crippen LogP contribution in [0.3, 0.4) is 0 Å². The zero-order chi connectivity index (χ0) is 27.1. The van der Waals surface area contributed by atoms with Crippen molar-refractivity contribution >= 4 is 16.6 Å². The number of hydrogen-bond donors (Lipinski definition) is 3. The van der Waals surface area contributed by atoms with Crippen LogP contribution >= 0.6 is 0 Å². The summed E-state index contributed by atoms with van der Waals surface area (Å²) in [6.07, 6.45) is 7.53. The van der Waals surface area contributed by atoms with Crippen LogP contribution in [-0.4, -0.2) is 40.8 Å². The molecule has 4 aromatic rings. The molecule has 2 aliphatic rings. The number of rotatable bonds is 7. The molecule has 0 saturated carbocycles. The van der Waals surface area contributed by atoms with Crippen LogP contribution in [0.1, 0.15) is 38.7 Å². The summed E-state index contributed by atoms with van der Waals surface area (Å²) in [6.45, 7) is 7.96. The molecule has 2 saturated heterocycles. The Balaban J connectivity index is 1.33. The lowest BCUT2D eigenvalue weighted by Crippen LogP contribution is -2.48. The Morgan fingerprint density at radius 2 is 1.77 bits per heavy atom. The number of nitrogens with zero attached hydrogens (tertiary/aromatic N) is 2. The topological polar surface area (TPSA) is 82.5 Å². The first-order valence-electron chi connectivity index (χ1n) is 14.0. The normalized spacial score (nSPS) is 17.0. The highest BCUT2D eigenvalue weighted by atomic mass is 16.5. The van der Waals surface area contributed by atoms with E-state index < -0.39 is 5.60 Å². The standard InChI is InChI=1S/C32H38N4O3/c1-32(2,38)23-8-9-28(25(17-23)26-20-35(3)31(37)30-24(26)12-15-34-30)39-29-7-5-4-6-27(29)36-18-22(19-36)16-21-10-13-33-14-11-21/h4-9,12,15,17,20-22,33-34,38H,10-11,13-14,16,18-19H2,1-3H3. The van der Waals surface area contributed by atoms with Crippen molar-refractivity contribution in [2.45, 2.75) is 38.7 Å². The minimum atomic E-state index is -1.02. The third-order valence-corrected chi connectivity index (χ3v) is 8.38. The summed E-state index contributed by atoms with van der Waals surface area (Å²) in [5.74, 6) is 3.07. The maximum absolute atomic E-state index is 12.7. The number of fused-ring (bicyclic) bond motifs is 1. The van der Waals surface area contributed by atoms with Crippen LogP contribution in [0.4, 0.5) is 5.69 Å². The smallest absolute Gasteiger partial charge is 0.274 e. The molecule has 204 valence electrons. The third-order valence-electron chi connectivity index (χ3n) is 8.38. The molecule has 3 N–H and O–H groups in total. The average Bonchev–Trinajstić information content (AvgIpc) is 3.39. The van der Waals surface area contributed by atoms with E-state index in [9.17, 15) is 9.90 Å². The van der Waals surface area contributed by atoms with E-state index in [1.54, 1.807) is 31.7 Å². The number of pyridine rings is 1. The Morgan fingerprint density at radius 3 is 2.54 bits per heavy atom. The number of aromatic nitrogens is 2. The molecule has 0 radical (unpaired) electrons. The first-order valence-corrected chi connectivity index (χ1v) is 14.0. The van der Waals surface area contributed by atoms with Gasteiger partial charge in [-0.2, -0.15) is 0 Å². The highest BCUT2D eigenvalue weighted by molar-refractivity contribution is 5.96. The molecule has 7 nitrogen and oxygen atoms in total. The molecule has 2 aromatic carbocycles. The fourth-order valence-electron chi connectivity index (χ4n) is 6.12. The fraction of sp³-hybridized carbons (Fsp3) is 0.406. The summed E-state index contributed by atoms with van der Waals surface area (Å²) in [5, 5.41) is 15.1. The number of H-pyrrole nitrogens is 1. The molecule has 4 heterocycles. The summed E-state index contributed by atoms with van der Waals surface area (Å²) in [5.41, 5.74) is 3.03. The van der Waals surface area contributed by atoms with Crippen LogP contribution in [0, 0.1) is 11.8 Å². The zero-order valence-electron chi connectivity index (χ0n) is 23.0. The number of benzene rings is 2. The number of hydrogen-bond acceptors (Lipinski definition) is 5. The first-order chi connectivity index (χ1) is 18.8. The SMILES string of the molecule is Cn1cc(-c2cc(C(C)(C)O)ccc2Oc2ccccc2N2CC(CC3CCNCC3)C2)c2cc[nH]c2c1=O. The Bertz CT molecular complexity index is 1540. The highest BCUT2D eigenvalue weighted by Gasteiger charge is 2.31. The van der Waals surface area contributed by atoms with Crippen LogP contribution in [0.25, 0.3) is 22.0 Å². The van der Waals surface area contributed by atoms with E-state index in [2.05, 4.69) is 27.3 Å². The predicted molar refractivity (Wildman–Crippen MR) is 157 cm³/mol. The molecule has 0 unspecified atom stereocenters. The Kier molecular flexibility index (Phi) is 6.73. The molecule has 2 fully saturated rings. The van der Waals surface area contributed by atoms with Crippen LogP contribution in [-0.2, 0) is 12.6 Å². The van der Waals surface area contributed by atoms with Gasteiger partial charge in [-0.15, -0.1) is 0 Å². The van der Waals surface area contributed by atoms with E-state index in [1.807, 2.05) is 42.6 Å². The maximum atomic E-state index is 12.7. The van der Waals surface area contributed by atoms with E-state index in [0.717, 1.165) is 71.5 Å². The van der Waals surface area contributed by atoms with Crippen molar-refractivity contribution in [1.82, 2.24) is 14.9 Å². The number of para-hydroxylation sites is 2. The Hall–Kier alpha value is -3.55. The van der Waals surface area contributed by atoms with Gasteiger partial charge in [0.2, 0.25) is 0 Å². The predicted octanol–water partition coefficient (Wildman–Crippen LogP) is 5.38. The summed E-state index contributed by atoms with van der Waals surface area (Å²) in [6, 6.07) is 16.0. The molecular weight excluding hydrogens is 488 g/mol. The number of aliphatic hydroxyl groups is 1. The average molecular weight is 527 g/mol. The number of ether oxygens (including phenoxy) is 1. The minimum Gasteiger partial charge on any atom is -0.455 e. The number of anilines is 1. The van der Waals surface area contributed by atoms with Crippen molar-refractivity contribution in [2.24, 2.45) is 18.9 Å². The van der Waals surface area contributed by atoms with Crippen molar-refractivity contribution in [2.75, 3.05) is 31.1 Å². The fourth-order valence-corrected chi connectivity index (χ4v) is 6.12. The molecule has 0 spiro atoms. The zero-order valence-corrected chi connectivity index (χ0v) is 23.0.